The maximum atomic E-state index is 14.3. The smallest absolute Gasteiger partial charge is 0.335 e. The van der Waals surface area contributed by atoms with Crippen LogP contribution in [0.2, 0.25) is 0 Å². The standard InChI is InChI=1S/C28H37FN4O7/c1-9-39-31-19(7)22-14-32(28(37)33(26(22)35)13-18(6)30-25(34)16(2)3)15-24(40-27(36)17(4)5)21-12-20(29)10-11-23(21)38-8/h10-12,14-18H,9,13H2,1-8H3,(H,30,34)/b24-15-,31-19+/t18-/m0/s1. The SMILES string of the molecule is CCO/N=C(\C)c1cn(/C=C(\OC(=O)C(C)C)c2cc(F)ccc2OC)c(=O)n(C[C@H](C)NC(=O)C(C)C)c1=O. The van der Waals surface area contributed by atoms with Crippen LogP contribution in [0.15, 0.2) is 39.1 Å². The van der Waals surface area contributed by atoms with E-state index in [0.717, 1.165) is 15.2 Å². The molecule has 0 saturated carbocycles. The minimum absolute atomic E-state index is 0.0208. The molecule has 11 nitrogen and oxygen atoms in total. The van der Waals surface area contributed by atoms with Crippen molar-refractivity contribution in [3.8, 4) is 5.75 Å². The Labute approximate surface area is 232 Å². The lowest BCUT2D eigenvalue weighted by atomic mass is 10.1. The number of carbonyl (C=O) groups is 2. The van der Waals surface area contributed by atoms with E-state index in [1.165, 1.54) is 38.6 Å². The topological polar surface area (TPSA) is 130 Å². The van der Waals surface area contributed by atoms with Crippen molar-refractivity contribution in [2.75, 3.05) is 13.7 Å². The Morgan fingerprint density at radius 1 is 1.10 bits per heavy atom. The average molecular weight is 561 g/mol. The number of carbonyl (C=O) groups excluding carboxylic acids is 2. The van der Waals surface area contributed by atoms with E-state index < -0.39 is 35.0 Å². The van der Waals surface area contributed by atoms with Crippen LogP contribution in [0.1, 0.15) is 59.6 Å². The molecule has 40 heavy (non-hydrogen) atoms. The van der Waals surface area contributed by atoms with Gasteiger partial charge in [0.2, 0.25) is 5.91 Å². The summed E-state index contributed by atoms with van der Waals surface area (Å²) in [6, 6.07) is 3.05. The molecule has 12 heteroatoms. The molecule has 2 rings (SSSR count). The summed E-state index contributed by atoms with van der Waals surface area (Å²) >= 11 is 0. The second kappa shape index (κ2) is 14.2. The molecule has 0 saturated heterocycles. The Morgan fingerprint density at radius 2 is 1.77 bits per heavy atom. The molecule has 0 aliphatic heterocycles. The van der Waals surface area contributed by atoms with Crippen molar-refractivity contribution in [2.45, 2.75) is 61.1 Å². The molecular formula is C28H37FN4O7. The van der Waals surface area contributed by atoms with E-state index >= 15 is 0 Å². The summed E-state index contributed by atoms with van der Waals surface area (Å²) in [7, 11) is 1.36. The number of methoxy groups -OCH3 is 1. The maximum Gasteiger partial charge on any atom is 0.335 e. The quantitative estimate of drug-likeness (QED) is 0.183. The van der Waals surface area contributed by atoms with Gasteiger partial charge in [0.05, 0.1) is 42.6 Å². The van der Waals surface area contributed by atoms with Gasteiger partial charge in [-0.2, -0.15) is 0 Å². The predicted molar refractivity (Wildman–Crippen MR) is 149 cm³/mol. The highest BCUT2D eigenvalue weighted by Gasteiger charge is 2.21. The highest BCUT2D eigenvalue weighted by atomic mass is 19.1. The summed E-state index contributed by atoms with van der Waals surface area (Å²) < 4.78 is 27.1. The lowest BCUT2D eigenvalue weighted by molar-refractivity contribution is -0.140. The first kappa shape index (κ1) is 32.0. The highest BCUT2D eigenvalue weighted by Crippen LogP contribution is 2.29. The Bertz CT molecular complexity index is 1410. The summed E-state index contributed by atoms with van der Waals surface area (Å²) in [6.07, 6.45) is 2.40. The molecule has 1 amide bonds. The van der Waals surface area contributed by atoms with E-state index in [1.807, 2.05) is 0 Å². The van der Waals surface area contributed by atoms with E-state index in [0.29, 0.717) is 0 Å². The minimum atomic E-state index is -0.794. The Kier molecular flexibility index (Phi) is 11.4. The van der Waals surface area contributed by atoms with Crippen molar-refractivity contribution in [3.05, 3.63) is 62.2 Å². The number of hydrogen-bond acceptors (Lipinski definition) is 8. The number of rotatable bonds is 12. The summed E-state index contributed by atoms with van der Waals surface area (Å²) in [6.45, 7) is 11.7. The van der Waals surface area contributed by atoms with Crippen molar-refractivity contribution < 1.29 is 28.3 Å². The maximum absolute atomic E-state index is 14.3. The van der Waals surface area contributed by atoms with E-state index in [-0.39, 0.29) is 53.3 Å². The molecular weight excluding hydrogens is 523 g/mol. The number of aromatic nitrogens is 2. The van der Waals surface area contributed by atoms with Gasteiger partial charge in [0.25, 0.3) is 5.56 Å². The zero-order chi connectivity index (χ0) is 30.1. The minimum Gasteiger partial charge on any atom is -0.496 e. The van der Waals surface area contributed by atoms with Gasteiger partial charge in [0.1, 0.15) is 18.2 Å². The van der Waals surface area contributed by atoms with Gasteiger partial charge in [-0.05, 0) is 39.0 Å². The van der Waals surface area contributed by atoms with Gasteiger partial charge in [0, 0.05) is 18.2 Å². The second-order valence-electron chi connectivity index (χ2n) is 9.72. The lowest BCUT2D eigenvalue weighted by Gasteiger charge is -2.18. The monoisotopic (exact) mass is 560 g/mol. The number of hydrogen-bond donors (Lipinski definition) is 1. The number of amides is 1. The van der Waals surface area contributed by atoms with Crippen molar-refractivity contribution in [2.24, 2.45) is 17.0 Å². The highest BCUT2D eigenvalue weighted by molar-refractivity contribution is 5.98. The molecule has 0 bridgehead atoms. The van der Waals surface area contributed by atoms with Crippen LogP contribution in [0.5, 0.6) is 5.75 Å². The van der Waals surface area contributed by atoms with E-state index in [2.05, 4.69) is 10.5 Å². The average Bonchev–Trinajstić information content (AvgIpc) is 2.90. The number of halogens is 1. The third-order valence-electron chi connectivity index (χ3n) is 5.65. The number of ether oxygens (including phenoxy) is 2. The van der Waals surface area contributed by atoms with Gasteiger partial charge in [0.15, 0.2) is 5.76 Å². The number of nitrogens with one attached hydrogen (secondary N) is 1. The molecule has 0 spiro atoms. The van der Waals surface area contributed by atoms with Crippen molar-refractivity contribution in [1.29, 1.82) is 0 Å². The van der Waals surface area contributed by atoms with Crippen LogP contribution in [0.25, 0.3) is 12.0 Å². The summed E-state index contributed by atoms with van der Waals surface area (Å²) in [5.74, 6) is -2.36. The normalized spacial score (nSPS) is 12.9. The first-order valence-electron chi connectivity index (χ1n) is 12.9. The molecule has 0 unspecified atom stereocenters. The second-order valence-corrected chi connectivity index (χ2v) is 9.72. The molecule has 218 valence electrons. The fraction of sp³-hybridized carbons (Fsp3) is 0.464. The molecule has 0 aliphatic rings. The van der Waals surface area contributed by atoms with Gasteiger partial charge in [-0.3, -0.25) is 23.5 Å². The zero-order valence-electron chi connectivity index (χ0n) is 24.1. The van der Waals surface area contributed by atoms with Crippen LogP contribution in [0, 0.1) is 17.7 Å². The molecule has 0 radical (unpaired) electrons. The summed E-state index contributed by atoms with van der Waals surface area (Å²) in [4.78, 5) is 56.9. The number of esters is 1. The molecule has 2 aromatic rings. The van der Waals surface area contributed by atoms with Gasteiger partial charge in [-0.15, -0.1) is 0 Å². The third-order valence-corrected chi connectivity index (χ3v) is 5.65. The van der Waals surface area contributed by atoms with Gasteiger partial charge in [-0.1, -0.05) is 32.9 Å². The Hall–Kier alpha value is -4.22. The summed E-state index contributed by atoms with van der Waals surface area (Å²) in [5, 5.41) is 6.69. The van der Waals surface area contributed by atoms with Crippen molar-refractivity contribution >= 4 is 29.5 Å². The Morgan fingerprint density at radius 3 is 2.35 bits per heavy atom. The fourth-order valence-electron chi connectivity index (χ4n) is 3.44. The molecule has 1 aromatic heterocycles. The van der Waals surface area contributed by atoms with Crippen molar-refractivity contribution in [1.82, 2.24) is 14.5 Å². The zero-order valence-corrected chi connectivity index (χ0v) is 24.1. The van der Waals surface area contributed by atoms with E-state index in [4.69, 9.17) is 14.3 Å². The van der Waals surface area contributed by atoms with Crippen LogP contribution in [-0.2, 0) is 25.7 Å². The van der Waals surface area contributed by atoms with Gasteiger partial charge < -0.3 is 19.6 Å². The van der Waals surface area contributed by atoms with Crippen LogP contribution in [0.3, 0.4) is 0 Å². The lowest BCUT2D eigenvalue weighted by Crippen LogP contribution is -2.47. The molecule has 1 N–H and O–H groups in total. The first-order chi connectivity index (χ1) is 18.8. The Balaban J connectivity index is 2.84. The van der Waals surface area contributed by atoms with E-state index in [9.17, 15) is 23.6 Å². The van der Waals surface area contributed by atoms with Crippen LogP contribution in [-0.4, -0.2) is 46.5 Å². The number of oxime groups is 1. The number of benzene rings is 1. The molecule has 1 heterocycles. The molecule has 0 fully saturated rings. The van der Waals surface area contributed by atoms with E-state index in [1.54, 1.807) is 41.5 Å². The molecule has 0 aliphatic carbocycles. The first-order valence-corrected chi connectivity index (χ1v) is 12.9. The largest absolute Gasteiger partial charge is 0.496 e. The fourth-order valence-corrected chi connectivity index (χ4v) is 3.44. The van der Waals surface area contributed by atoms with Crippen molar-refractivity contribution in [3.63, 3.8) is 0 Å². The third kappa shape index (κ3) is 8.14. The number of nitrogens with zero attached hydrogens (tertiary/aromatic N) is 3. The van der Waals surface area contributed by atoms with Gasteiger partial charge >= 0.3 is 11.7 Å². The van der Waals surface area contributed by atoms with Gasteiger partial charge in [-0.25, -0.2) is 9.18 Å². The van der Waals surface area contributed by atoms with Crippen LogP contribution < -0.4 is 21.3 Å². The van der Waals surface area contributed by atoms with Crippen LogP contribution in [0.4, 0.5) is 4.39 Å². The molecule has 1 aromatic carbocycles. The van der Waals surface area contributed by atoms with Crippen LogP contribution >= 0.6 is 0 Å². The molecule has 1 atom stereocenters. The predicted octanol–water partition coefficient (Wildman–Crippen LogP) is 3.23. The summed E-state index contributed by atoms with van der Waals surface area (Å²) in [5.41, 5.74) is -1.18.